The van der Waals surface area contributed by atoms with E-state index in [1.807, 2.05) is 0 Å². The molecule has 16 heavy (non-hydrogen) atoms. The van der Waals surface area contributed by atoms with E-state index in [4.69, 9.17) is 4.74 Å². The lowest BCUT2D eigenvalue weighted by molar-refractivity contribution is -0.141. The molecule has 0 aliphatic rings. The van der Waals surface area contributed by atoms with Crippen LogP contribution in [0.5, 0.6) is 0 Å². The highest BCUT2D eigenvalue weighted by Gasteiger charge is 1.93. The molecule has 94 valence electrons. The summed E-state index contributed by atoms with van der Waals surface area (Å²) < 4.78 is 4.87. The molecule has 0 aromatic heterocycles. The molecule has 0 saturated heterocycles. The van der Waals surface area contributed by atoms with Gasteiger partial charge in [0.05, 0.1) is 6.61 Å². The van der Waals surface area contributed by atoms with Gasteiger partial charge in [-0.05, 0) is 25.7 Å². The molecule has 2 nitrogen and oxygen atoms in total. The van der Waals surface area contributed by atoms with E-state index < -0.39 is 0 Å². The van der Waals surface area contributed by atoms with Crippen LogP contribution >= 0.6 is 0 Å². The second-order valence-corrected chi connectivity index (χ2v) is 4.13. The number of esters is 1. The quantitative estimate of drug-likeness (QED) is 0.316. The highest BCUT2D eigenvalue weighted by Crippen LogP contribution is 2.07. The normalized spacial score (nSPS) is 10.9. The fraction of sp³-hybridized carbons (Fsp3) is 0.786. The molecule has 0 heterocycles. The van der Waals surface area contributed by atoms with E-state index in [1.54, 1.807) is 0 Å². The van der Waals surface area contributed by atoms with Gasteiger partial charge in [0.25, 0.3) is 0 Å². The third-order valence-corrected chi connectivity index (χ3v) is 2.47. The summed E-state index contributed by atoms with van der Waals surface area (Å²) in [6, 6.07) is 0. The van der Waals surface area contributed by atoms with Crippen LogP contribution < -0.4 is 0 Å². The van der Waals surface area contributed by atoms with Gasteiger partial charge in [-0.15, -0.1) is 0 Å². The van der Waals surface area contributed by atoms with Crippen LogP contribution in [0.25, 0.3) is 0 Å². The lowest BCUT2D eigenvalue weighted by Gasteiger charge is -2.01. The number of hydrogen-bond donors (Lipinski definition) is 0. The van der Waals surface area contributed by atoms with Crippen molar-refractivity contribution in [3.8, 4) is 0 Å². The van der Waals surface area contributed by atoms with Gasteiger partial charge in [0.2, 0.25) is 0 Å². The van der Waals surface area contributed by atoms with Gasteiger partial charge in [-0.3, -0.25) is 4.79 Å². The van der Waals surface area contributed by atoms with Gasteiger partial charge in [0.15, 0.2) is 0 Å². The molecule has 0 radical (unpaired) electrons. The smallest absolute Gasteiger partial charge is 0.302 e. The highest BCUT2D eigenvalue weighted by atomic mass is 16.5. The molecule has 0 amide bonds. The molecule has 0 aromatic rings. The Morgan fingerprint density at radius 3 is 2.25 bits per heavy atom. The fourth-order valence-electron chi connectivity index (χ4n) is 1.57. The second-order valence-electron chi connectivity index (χ2n) is 4.13. The molecule has 0 aliphatic heterocycles. The van der Waals surface area contributed by atoms with E-state index >= 15 is 0 Å². The monoisotopic (exact) mass is 226 g/mol. The number of carbonyl (C=O) groups excluding carboxylic acids is 1. The van der Waals surface area contributed by atoms with Crippen LogP contribution in [0.4, 0.5) is 0 Å². The summed E-state index contributed by atoms with van der Waals surface area (Å²) in [6.45, 7) is 4.22. The number of carbonyl (C=O) groups is 1. The Labute approximate surface area is 100 Å². The standard InChI is InChI=1S/C14H26O2/c1-3-4-5-6-7-8-9-10-11-12-13-16-14(2)15/h4-5H,3,6-13H2,1-2H3/b5-4+. The molecular weight excluding hydrogens is 200 g/mol. The van der Waals surface area contributed by atoms with Crippen molar-refractivity contribution in [2.75, 3.05) is 6.61 Å². The Kier molecular flexibility index (Phi) is 11.7. The molecule has 0 unspecified atom stereocenters. The summed E-state index contributed by atoms with van der Waals surface area (Å²) in [7, 11) is 0. The molecule has 0 N–H and O–H groups in total. The minimum absolute atomic E-state index is 0.164. The maximum Gasteiger partial charge on any atom is 0.302 e. The molecule has 0 fully saturated rings. The van der Waals surface area contributed by atoms with Crippen molar-refractivity contribution in [1.29, 1.82) is 0 Å². The van der Waals surface area contributed by atoms with Gasteiger partial charge < -0.3 is 4.74 Å². The van der Waals surface area contributed by atoms with Gasteiger partial charge in [0, 0.05) is 6.92 Å². The van der Waals surface area contributed by atoms with E-state index in [0.29, 0.717) is 6.61 Å². The van der Waals surface area contributed by atoms with Crippen molar-refractivity contribution in [2.45, 2.75) is 65.2 Å². The van der Waals surface area contributed by atoms with E-state index in [-0.39, 0.29) is 5.97 Å². The Balaban J connectivity index is 2.98. The fourth-order valence-corrected chi connectivity index (χ4v) is 1.57. The van der Waals surface area contributed by atoms with Crippen LogP contribution in [0.1, 0.15) is 65.2 Å². The molecular formula is C14H26O2. The maximum atomic E-state index is 10.5. The summed E-state index contributed by atoms with van der Waals surface area (Å²) in [4.78, 5) is 10.5. The van der Waals surface area contributed by atoms with Crippen molar-refractivity contribution in [2.24, 2.45) is 0 Å². The lowest BCUT2D eigenvalue weighted by atomic mass is 10.1. The van der Waals surface area contributed by atoms with Crippen molar-refractivity contribution >= 4 is 5.97 Å². The van der Waals surface area contributed by atoms with Gasteiger partial charge in [-0.25, -0.2) is 0 Å². The SMILES string of the molecule is CC/C=C/CCCCCCCCOC(C)=O. The zero-order valence-electron chi connectivity index (χ0n) is 10.8. The van der Waals surface area contributed by atoms with Crippen molar-refractivity contribution < 1.29 is 9.53 Å². The van der Waals surface area contributed by atoms with Crippen LogP contribution in [0.2, 0.25) is 0 Å². The summed E-state index contributed by atoms with van der Waals surface area (Å²) in [5.74, 6) is -0.164. The molecule has 0 atom stereocenters. The molecule has 0 bridgehead atoms. The first-order valence-electron chi connectivity index (χ1n) is 6.55. The number of unbranched alkanes of at least 4 members (excludes halogenated alkanes) is 6. The van der Waals surface area contributed by atoms with Crippen molar-refractivity contribution in [3.05, 3.63) is 12.2 Å². The summed E-state index contributed by atoms with van der Waals surface area (Å²) in [5.41, 5.74) is 0. The number of rotatable bonds is 10. The average molecular weight is 226 g/mol. The Morgan fingerprint density at radius 1 is 1.00 bits per heavy atom. The largest absolute Gasteiger partial charge is 0.466 e. The minimum Gasteiger partial charge on any atom is -0.466 e. The molecule has 0 aliphatic carbocycles. The van der Waals surface area contributed by atoms with Gasteiger partial charge in [0.1, 0.15) is 0 Å². The lowest BCUT2D eigenvalue weighted by Crippen LogP contribution is -1.99. The summed E-state index contributed by atoms with van der Waals surface area (Å²) in [6.07, 6.45) is 14.3. The van der Waals surface area contributed by atoms with Crippen LogP contribution in [0, 0.1) is 0 Å². The minimum atomic E-state index is -0.164. The molecule has 2 heteroatoms. The van der Waals surface area contributed by atoms with Crippen LogP contribution in [-0.2, 0) is 9.53 Å². The highest BCUT2D eigenvalue weighted by molar-refractivity contribution is 5.65. The van der Waals surface area contributed by atoms with Gasteiger partial charge >= 0.3 is 5.97 Å². The molecule has 0 spiro atoms. The Bertz CT molecular complexity index is 185. The number of allylic oxidation sites excluding steroid dienone is 2. The second kappa shape index (κ2) is 12.3. The summed E-state index contributed by atoms with van der Waals surface area (Å²) in [5, 5.41) is 0. The number of hydrogen-bond acceptors (Lipinski definition) is 2. The first-order valence-corrected chi connectivity index (χ1v) is 6.55. The average Bonchev–Trinajstić information content (AvgIpc) is 2.25. The van der Waals surface area contributed by atoms with Crippen LogP contribution in [-0.4, -0.2) is 12.6 Å². The number of ether oxygens (including phenoxy) is 1. The third-order valence-electron chi connectivity index (χ3n) is 2.47. The van der Waals surface area contributed by atoms with E-state index in [0.717, 1.165) is 12.8 Å². The zero-order chi connectivity index (χ0) is 12.1. The predicted octanol–water partition coefficient (Wildman–Crippen LogP) is 4.25. The van der Waals surface area contributed by atoms with Crippen molar-refractivity contribution in [3.63, 3.8) is 0 Å². The van der Waals surface area contributed by atoms with E-state index in [9.17, 15) is 4.79 Å². The first-order chi connectivity index (χ1) is 7.77. The summed E-state index contributed by atoms with van der Waals surface area (Å²) >= 11 is 0. The Morgan fingerprint density at radius 2 is 1.62 bits per heavy atom. The maximum absolute atomic E-state index is 10.5. The van der Waals surface area contributed by atoms with Crippen LogP contribution in [0.3, 0.4) is 0 Å². The molecule has 0 aromatic carbocycles. The topological polar surface area (TPSA) is 26.3 Å². The van der Waals surface area contributed by atoms with Gasteiger partial charge in [-0.1, -0.05) is 44.8 Å². The third kappa shape index (κ3) is 13.2. The van der Waals surface area contributed by atoms with Crippen LogP contribution in [0.15, 0.2) is 12.2 Å². The van der Waals surface area contributed by atoms with E-state index in [2.05, 4.69) is 19.1 Å². The zero-order valence-corrected chi connectivity index (χ0v) is 10.8. The van der Waals surface area contributed by atoms with Gasteiger partial charge in [-0.2, -0.15) is 0 Å². The van der Waals surface area contributed by atoms with E-state index in [1.165, 1.54) is 45.4 Å². The van der Waals surface area contributed by atoms with Crippen molar-refractivity contribution in [1.82, 2.24) is 0 Å². The molecule has 0 saturated carbocycles. The molecule has 0 rings (SSSR count). The Hall–Kier alpha value is -0.790. The first kappa shape index (κ1) is 15.2. The predicted molar refractivity (Wildman–Crippen MR) is 68.4 cm³/mol.